The molecule has 2 aromatic rings. The Balaban J connectivity index is 1.14. The Hall–Kier alpha value is -4.15. The van der Waals surface area contributed by atoms with Gasteiger partial charge in [-0.05, 0) is 13.3 Å². The lowest BCUT2D eigenvalue weighted by Gasteiger charge is -2.57. The van der Waals surface area contributed by atoms with Gasteiger partial charge in [-0.2, -0.15) is 9.36 Å². The molecule has 5 aliphatic rings. The Labute approximate surface area is 286 Å². The number of rotatable bonds is 10. The molecule has 2 amide bonds. The first kappa shape index (κ1) is 33.7. The smallest absolute Gasteiger partial charge is 0.354 e. The molecule has 4 saturated heterocycles. The lowest BCUT2D eigenvalue weighted by atomic mass is 9.70. The molecule has 0 spiro atoms. The maximum Gasteiger partial charge on any atom is 0.354 e. The molecule has 14 nitrogen and oxygen atoms in total. The zero-order valence-corrected chi connectivity index (χ0v) is 28.8. The molecule has 0 saturated carbocycles. The molecule has 2 aromatic heterocycles. The van der Waals surface area contributed by atoms with Crippen molar-refractivity contribution in [3.8, 4) is 5.75 Å². The zero-order chi connectivity index (χ0) is 34.2. The highest BCUT2D eigenvalue weighted by molar-refractivity contribution is 8.00. The molecular formula is C32H41N8O6S2+. The quantitative estimate of drug-likeness (QED) is 0.138. The topological polar surface area (TPSA) is 193 Å². The molecule has 48 heavy (non-hydrogen) atoms. The van der Waals surface area contributed by atoms with Crippen molar-refractivity contribution in [2.75, 3.05) is 51.3 Å². The first-order valence-corrected chi connectivity index (χ1v) is 17.9. The second-order valence-corrected chi connectivity index (χ2v) is 14.8. The van der Waals surface area contributed by atoms with Crippen LogP contribution in [0, 0.1) is 5.41 Å². The van der Waals surface area contributed by atoms with Gasteiger partial charge >= 0.3 is 5.97 Å². The fourth-order valence-corrected chi connectivity index (χ4v) is 9.16. The van der Waals surface area contributed by atoms with E-state index in [1.807, 2.05) is 24.8 Å². The van der Waals surface area contributed by atoms with Crippen molar-refractivity contribution in [2.45, 2.75) is 50.9 Å². The highest BCUT2D eigenvalue weighted by atomic mass is 32.2. The molecule has 6 N–H and O–H groups in total. The third kappa shape index (κ3) is 6.23. The van der Waals surface area contributed by atoms with E-state index in [0.29, 0.717) is 40.9 Å². The second-order valence-electron chi connectivity index (χ2n) is 12.9. The number of fused-ring (bicyclic) bond motifs is 4. The number of ether oxygens (including phenoxy) is 1. The Morgan fingerprint density at radius 3 is 2.60 bits per heavy atom. The summed E-state index contributed by atoms with van der Waals surface area (Å²) in [5, 5.41) is 15.8. The van der Waals surface area contributed by atoms with Crippen LogP contribution in [0.2, 0.25) is 0 Å². The number of esters is 1. The molecule has 2 atom stereocenters. The maximum atomic E-state index is 13.5. The average Bonchev–Trinajstić information content (AvgIpc) is 3.52. The molecule has 7 rings (SSSR count). The largest absolute Gasteiger partial charge is 0.503 e. The predicted molar refractivity (Wildman–Crippen MR) is 182 cm³/mol. The number of carbonyl (C=O) groups is 3. The van der Waals surface area contributed by atoms with Gasteiger partial charge in [-0.1, -0.05) is 19.1 Å². The van der Waals surface area contributed by atoms with Crippen LogP contribution in [-0.4, -0.2) is 104 Å². The Morgan fingerprint density at radius 2 is 2.00 bits per heavy atom. The van der Waals surface area contributed by atoms with Crippen LogP contribution in [0.3, 0.4) is 0 Å². The van der Waals surface area contributed by atoms with E-state index in [2.05, 4.69) is 25.0 Å². The Bertz CT molecular complexity index is 1760. The molecule has 16 heteroatoms. The number of hydrogen-bond acceptors (Lipinski definition) is 12. The number of quaternary nitrogens is 1. The first-order chi connectivity index (χ1) is 23.0. The van der Waals surface area contributed by atoms with Crippen molar-refractivity contribution < 1.29 is 28.7 Å². The number of carbonyl (C=O) groups excluding carboxylic acids is 3. The fraction of sp³-hybridized carbons (Fsp3) is 0.500. The van der Waals surface area contributed by atoms with Gasteiger partial charge in [-0.15, -0.1) is 11.8 Å². The van der Waals surface area contributed by atoms with Gasteiger partial charge < -0.3 is 40.6 Å². The summed E-state index contributed by atoms with van der Waals surface area (Å²) < 4.78 is 10.4. The lowest BCUT2D eigenvalue weighted by Crippen LogP contribution is -2.67. The number of nitrogens with one attached hydrogen (secondary N) is 3. The summed E-state index contributed by atoms with van der Waals surface area (Å²) in [4.78, 5) is 60.3. The van der Waals surface area contributed by atoms with Crippen molar-refractivity contribution in [2.24, 2.45) is 5.41 Å². The van der Waals surface area contributed by atoms with E-state index in [0.717, 1.165) is 85.0 Å². The summed E-state index contributed by atoms with van der Waals surface area (Å²) in [6, 6.07) is 0.799. The van der Waals surface area contributed by atoms with E-state index in [4.69, 9.17) is 10.5 Å². The lowest BCUT2D eigenvalue weighted by molar-refractivity contribution is -0.941. The number of nitrogens with zero attached hydrogens (tertiary/aromatic N) is 4. The van der Waals surface area contributed by atoms with E-state index in [1.165, 1.54) is 7.11 Å². The monoisotopic (exact) mass is 697 g/mol. The van der Waals surface area contributed by atoms with Gasteiger partial charge in [-0.25, -0.2) is 4.79 Å². The van der Waals surface area contributed by atoms with E-state index in [-0.39, 0.29) is 40.3 Å². The number of allylic oxidation sites excluding steroid dienone is 2. The van der Waals surface area contributed by atoms with E-state index in [1.54, 1.807) is 17.8 Å². The number of piperidine rings is 3. The number of aromatic hydroxyl groups is 1. The van der Waals surface area contributed by atoms with Crippen LogP contribution < -0.4 is 21.8 Å². The normalized spacial score (nSPS) is 27.4. The van der Waals surface area contributed by atoms with Crippen LogP contribution in [-0.2, 0) is 14.3 Å². The van der Waals surface area contributed by atoms with E-state index in [9.17, 15) is 24.3 Å². The Kier molecular flexibility index (Phi) is 9.42. The molecule has 2 unspecified atom stereocenters. The number of methoxy groups -OCH3 is 1. The molecule has 0 aromatic carbocycles. The minimum Gasteiger partial charge on any atom is -0.503 e. The summed E-state index contributed by atoms with van der Waals surface area (Å²) in [6.07, 6.45) is 8.27. The van der Waals surface area contributed by atoms with Crippen LogP contribution in [0.1, 0.15) is 55.8 Å². The second kappa shape index (κ2) is 13.4. The number of H-pyrrole nitrogens is 1. The number of hydrogen-bond donors (Lipinski definition) is 5. The van der Waals surface area contributed by atoms with Crippen molar-refractivity contribution in [3.63, 3.8) is 0 Å². The number of nitrogens with two attached hydrogens (primary N) is 1. The summed E-state index contributed by atoms with van der Waals surface area (Å²) in [5.74, 6) is -0.520. The van der Waals surface area contributed by atoms with Gasteiger partial charge in [0.25, 0.3) is 11.8 Å². The van der Waals surface area contributed by atoms with Crippen molar-refractivity contribution in [1.82, 2.24) is 29.9 Å². The molecular weight excluding hydrogens is 657 g/mol. The van der Waals surface area contributed by atoms with E-state index < -0.39 is 11.2 Å². The summed E-state index contributed by atoms with van der Waals surface area (Å²) in [6.45, 7) is 7.86. The number of aromatic amines is 1. The molecule has 2 bridgehead atoms. The standard InChI is InChI=1S/C32H40N8O6S2/c1-4-6-19(26-37-31(33)48-38-26)27(43)36-24-21(5-2)39-25(30(45)46-3)18(16-47-29(24)39)15-40-10-7-32(8-11-40,9-12-40)17-35-28(44)20-13-22(41)23(42)14-34-20/h5-6,13-14,24,29H,4,7-12,15-17H2,1-3H3,(H5-,33,34,35,36,37,38,41,42,43,44)/p+1/b19-6+,21-5+. The van der Waals surface area contributed by atoms with Gasteiger partial charge in [0.2, 0.25) is 5.43 Å². The molecule has 4 fully saturated rings. The predicted octanol–water partition coefficient (Wildman–Crippen LogP) is 1.94. The SMILES string of the molecule is C/C=C1\C(NC(=O)/C(=C/CC)c2nsc(N)n2)C2SCC(C[N+]34CCC(CNC(=O)c5cc(=O)c(O)c[nH]5)(CC3)CC4)=C(C(=O)OC)N12. The number of nitrogen functional groups attached to an aromatic ring is 1. The van der Waals surface area contributed by atoms with Crippen LogP contribution in [0.4, 0.5) is 5.13 Å². The number of aromatic nitrogens is 3. The van der Waals surface area contributed by atoms with Crippen LogP contribution >= 0.6 is 23.3 Å². The molecule has 0 radical (unpaired) electrons. The van der Waals surface area contributed by atoms with Crippen LogP contribution in [0.15, 0.2) is 46.2 Å². The number of thioether (sulfide) groups is 1. The van der Waals surface area contributed by atoms with Crippen molar-refractivity contribution in [1.29, 1.82) is 0 Å². The summed E-state index contributed by atoms with van der Waals surface area (Å²) in [5.41, 5.74) is 8.09. The van der Waals surface area contributed by atoms with Crippen LogP contribution in [0.5, 0.6) is 5.75 Å². The van der Waals surface area contributed by atoms with Gasteiger partial charge in [0.05, 0.1) is 38.4 Å². The van der Waals surface area contributed by atoms with Crippen molar-refractivity contribution in [3.05, 3.63) is 63.1 Å². The summed E-state index contributed by atoms with van der Waals surface area (Å²) >= 11 is 2.75. The minimum absolute atomic E-state index is 0.0231. The zero-order valence-electron chi connectivity index (χ0n) is 27.2. The average molecular weight is 698 g/mol. The van der Waals surface area contributed by atoms with Gasteiger partial charge in [0, 0.05) is 72.0 Å². The van der Waals surface area contributed by atoms with Crippen molar-refractivity contribution >= 4 is 51.8 Å². The third-order valence-electron chi connectivity index (χ3n) is 10.1. The summed E-state index contributed by atoms with van der Waals surface area (Å²) in [7, 11) is 1.40. The minimum atomic E-state index is -0.601. The Morgan fingerprint density at radius 1 is 1.27 bits per heavy atom. The number of pyridine rings is 1. The maximum absolute atomic E-state index is 13.5. The molecule has 7 heterocycles. The highest BCUT2D eigenvalue weighted by Crippen LogP contribution is 2.49. The van der Waals surface area contributed by atoms with Gasteiger partial charge in [-0.3, -0.25) is 14.4 Å². The molecule has 0 aliphatic carbocycles. The van der Waals surface area contributed by atoms with Gasteiger partial charge in [0.15, 0.2) is 16.7 Å². The van der Waals surface area contributed by atoms with E-state index >= 15 is 0 Å². The fourth-order valence-electron chi connectivity index (χ4n) is 7.34. The first-order valence-electron chi connectivity index (χ1n) is 16.1. The molecule has 256 valence electrons. The highest BCUT2D eigenvalue weighted by Gasteiger charge is 2.54. The molecule has 5 aliphatic heterocycles. The number of anilines is 1. The third-order valence-corrected chi connectivity index (χ3v) is 12.0. The van der Waals surface area contributed by atoms with Crippen LogP contribution in [0.25, 0.3) is 5.57 Å². The van der Waals surface area contributed by atoms with Gasteiger partial charge in [0.1, 0.15) is 23.3 Å². The number of amides is 2.